The van der Waals surface area contributed by atoms with E-state index in [9.17, 15) is 9.59 Å². The van der Waals surface area contributed by atoms with Gasteiger partial charge in [-0.2, -0.15) is 24.9 Å². The number of hydrogen-bond donors (Lipinski definition) is 1. The number of fused-ring (bicyclic) bond motifs is 1. The number of anilines is 1. The summed E-state index contributed by atoms with van der Waals surface area (Å²) in [5.74, 6) is -0.612. The highest BCUT2D eigenvalue weighted by Crippen LogP contribution is 2.19. The molecule has 1 N–H and O–H groups in total. The number of hydrogen-bond acceptors (Lipinski definition) is 8. The average Bonchev–Trinajstić information content (AvgIpc) is 3.19. The number of aromatic nitrogens is 4. The number of carbonyl (C=O) groups excluding carboxylic acids is 2. The number of aliphatic imine (C=N–C) groups is 2. The molecule has 2 aromatic heterocycles. The van der Waals surface area contributed by atoms with E-state index in [1.807, 2.05) is 0 Å². The second-order valence-electron chi connectivity index (χ2n) is 5.61. The first-order chi connectivity index (χ1) is 12.5. The molecular weight excluding hydrogens is 338 g/mol. The molecule has 1 unspecified atom stereocenters. The van der Waals surface area contributed by atoms with Crippen LogP contribution in [0.15, 0.2) is 39.7 Å². The lowest BCUT2D eigenvalue weighted by atomic mass is 10.1. The summed E-state index contributed by atoms with van der Waals surface area (Å²) in [7, 11) is 1.69. The number of amidine groups is 1. The largest absolute Gasteiger partial charge is 0.305 e. The first-order valence-corrected chi connectivity index (χ1v) is 7.66. The molecule has 26 heavy (non-hydrogen) atoms. The Balaban J connectivity index is 1.68. The van der Waals surface area contributed by atoms with E-state index >= 15 is 0 Å². The number of nitrogens with zero attached hydrogens (tertiary/aromatic N) is 8. The van der Waals surface area contributed by atoms with E-state index in [1.165, 1.54) is 34.5 Å². The molecule has 0 aliphatic carbocycles. The lowest BCUT2D eigenvalue weighted by Gasteiger charge is -2.17. The zero-order chi connectivity index (χ0) is 18.3. The Morgan fingerprint density at radius 3 is 2.88 bits per heavy atom. The van der Waals surface area contributed by atoms with E-state index in [0.29, 0.717) is 17.3 Å². The fraction of sp³-hybridized carbons (Fsp3) is 0.200. The molecule has 130 valence electrons. The van der Waals surface area contributed by atoms with Crippen LogP contribution in [0, 0.1) is 12.8 Å². The Labute approximate surface area is 147 Å². The fourth-order valence-corrected chi connectivity index (χ4v) is 2.54. The van der Waals surface area contributed by atoms with E-state index in [1.54, 1.807) is 20.0 Å². The molecule has 1 atom stereocenters. The Morgan fingerprint density at radius 1 is 1.27 bits per heavy atom. The molecule has 11 heteroatoms. The highest BCUT2D eigenvalue weighted by atomic mass is 16.2. The van der Waals surface area contributed by atoms with Crippen molar-refractivity contribution in [3.8, 4) is 0 Å². The van der Waals surface area contributed by atoms with Crippen molar-refractivity contribution in [2.24, 2.45) is 21.0 Å². The summed E-state index contributed by atoms with van der Waals surface area (Å²) >= 11 is 0. The van der Waals surface area contributed by atoms with Gasteiger partial charge in [-0.3, -0.25) is 19.6 Å². The van der Waals surface area contributed by atoms with Crippen molar-refractivity contribution in [3.63, 3.8) is 0 Å². The standard InChI is InChI=1S/C15H13N9O2/c1-8-5-11(19-14(26)10-7-16-3-4-17-10)24(22-8)15-20-12-9(13(25)21-15)6-18-23(12)2/h3-7,9H,1-2H3,(H,19,26). The third-order valence-corrected chi connectivity index (χ3v) is 3.75. The molecule has 2 aromatic rings. The van der Waals surface area contributed by atoms with Crippen molar-refractivity contribution in [2.75, 3.05) is 12.4 Å². The second kappa shape index (κ2) is 5.95. The van der Waals surface area contributed by atoms with Gasteiger partial charge in [-0.05, 0) is 6.92 Å². The first kappa shape index (κ1) is 15.7. The highest BCUT2D eigenvalue weighted by molar-refractivity contribution is 6.24. The van der Waals surface area contributed by atoms with Gasteiger partial charge in [-0.1, -0.05) is 0 Å². The van der Waals surface area contributed by atoms with Gasteiger partial charge in [0.1, 0.15) is 23.3 Å². The summed E-state index contributed by atoms with van der Waals surface area (Å²) in [5.41, 5.74) is 0.766. The molecule has 0 fully saturated rings. The van der Waals surface area contributed by atoms with Gasteiger partial charge in [0.05, 0.1) is 11.9 Å². The SMILES string of the molecule is Cc1cc(NC(=O)c2cnccn2)n(C2=NC(=O)C3C=NN(C)C3=N2)n1. The van der Waals surface area contributed by atoms with Crippen molar-refractivity contribution in [3.05, 3.63) is 36.0 Å². The van der Waals surface area contributed by atoms with Crippen LogP contribution in [0.3, 0.4) is 0 Å². The van der Waals surface area contributed by atoms with Crippen LogP contribution in [0.1, 0.15) is 16.2 Å². The van der Waals surface area contributed by atoms with Gasteiger partial charge >= 0.3 is 0 Å². The minimum atomic E-state index is -0.585. The van der Waals surface area contributed by atoms with E-state index in [2.05, 4.69) is 35.5 Å². The van der Waals surface area contributed by atoms with Crippen molar-refractivity contribution in [1.82, 2.24) is 24.8 Å². The quantitative estimate of drug-likeness (QED) is 0.805. The molecule has 0 bridgehead atoms. The smallest absolute Gasteiger partial charge is 0.277 e. The number of aryl methyl sites for hydroxylation is 1. The predicted octanol–water partition coefficient (Wildman–Crippen LogP) is -0.0760. The van der Waals surface area contributed by atoms with Crippen LogP contribution in [0.25, 0.3) is 0 Å². The molecule has 0 spiro atoms. The number of carbonyl (C=O) groups is 2. The summed E-state index contributed by atoms with van der Waals surface area (Å²) in [5, 5.41) is 12.5. The third-order valence-electron chi connectivity index (χ3n) is 3.75. The average molecular weight is 351 g/mol. The van der Waals surface area contributed by atoms with Gasteiger partial charge in [-0.15, -0.1) is 0 Å². The molecule has 0 saturated heterocycles. The van der Waals surface area contributed by atoms with E-state index in [-0.39, 0.29) is 11.7 Å². The molecule has 2 aliphatic rings. The highest BCUT2D eigenvalue weighted by Gasteiger charge is 2.35. The fourth-order valence-electron chi connectivity index (χ4n) is 2.54. The van der Waals surface area contributed by atoms with Crippen LogP contribution in [0.4, 0.5) is 5.82 Å². The van der Waals surface area contributed by atoms with Gasteiger partial charge in [0.15, 0.2) is 0 Å². The van der Waals surface area contributed by atoms with E-state index in [0.717, 1.165) is 0 Å². The van der Waals surface area contributed by atoms with Crippen LogP contribution in [0.5, 0.6) is 0 Å². The first-order valence-electron chi connectivity index (χ1n) is 7.66. The van der Waals surface area contributed by atoms with Crippen LogP contribution in [0.2, 0.25) is 0 Å². The summed E-state index contributed by atoms with van der Waals surface area (Å²) in [6.45, 7) is 1.75. The van der Waals surface area contributed by atoms with Crippen LogP contribution in [-0.2, 0) is 4.79 Å². The topological polar surface area (TPSA) is 130 Å². The predicted molar refractivity (Wildman–Crippen MR) is 92.0 cm³/mol. The lowest BCUT2D eigenvalue weighted by Crippen LogP contribution is -2.35. The Morgan fingerprint density at radius 2 is 2.12 bits per heavy atom. The Bertz CT molecular complexity index is 990. The maximum absolute atomic E-state index is 12.3. The van der Waals surface area contributed by atoms with Crippen LogP contribution in [-0.4, -0.2) is 61.6 Å². The van der Waals surface area contributed by atoms with E-state index < -0.39 is 17.7 Å². The minimum Gasteiger partial charge on any atom is -0.305 e. The minimum absolute atomic E-state index is 0.0566. The molecule has 2 amide bonds. The van der Waals surface area contributed by atoms with Crippen molar-refractivity contribution in [1.29, 1.82) is 0 Å². The molecular formula is C15H13N9O2. The van der Waals surface area contributed by atoms with Gasteiger partial charge in [0.25, 0.3) is 17.8 Å². The van der Waals surface area contributed by atoms with Gasteiger partial charge < -0.3 is 5.32 Å². The molecule has 4 rings (SSSR count). The normalized spacial score (nSPS) is 18.5. The molecule has 4 heterocycles. The summed E-state index contributed by atoms with van der Waals surface area (Å²) < 4.78 is 1.30. The number of rotatable bonds is 2. The third kappa shape index (κ3) is 2.64. The van der Waals surface area contributed by atoms with Crippen molar-refractivity contribution in [2.45, 2.75) is 6.92 Å². The Kier molecular flexibility index (Phi) is 3.60. The maximum Gasteiger partial charge on any atom is 0.277 e. The summed E-state index contributed by atoms with van der Waals surface area (Å²) in [4.78, 5) is 40.7. The van der Waals surface area contributed by atoms with Gasteiger partial charge in [0, 0.05) is 31.7 Å². The van der Waals surface area contributed by atoms with E-state index in [4.69, 9.17) is 0 Å². The van der Waals surface area contributed by atoms with Crippen LogP contribution < -0.4 is 5.32 Å². The number of amides is 2. The Hall–Kier alpha value is -3.76. The van der Waals surface area contributed by atoms with Gasteiger partial charge in [0.2, 0.25) is 0 Å². The molecule has 11 nitrogen and oxygen atoms in total. The lowest BCUT2D eigenvalue weighted by molar-refractivity contribution is -0.118. The maximum atomic E-state index is 12.3. The van der Waals surface area contributed by atoms with Crippen LogP contribution >= 0.6 is 0 Å². The summed E-state index contributed by atoms with van der Waals surface area (Å²) in [6.07, 6.45) is 5.73. The molecule has 0 radical (unpaired) electrons. The zero-order valence-corrected chi connectivity index (χ0v) is 13.9. The second-order valence-corrected chi connectivity index (χ2v) is 5.61. The molecule has 2 aliphatic heterocycles. The number of hydrazone groups is 1. The van der Waals surface area contributed by atoms with Crippen molar-refractivity contribution < 1.29 is 9.59 Å². The zero-order valence-electron chi connectivity index (χ0n) is 13.9. The molecule has 0 aromatic carbocycles. The molecule has 0 saturated carbocycles. The van der Waals surface area contributed by atoms with Crippen molar-refractivity contribution >= 4 is 35.6 Å². The monoisotopic (exact) mass is 351 g/mol. The number of nitrogens with one attached hydrogen (secondary N) is 1. The summed E-state index contributed by atoms with van der Waals surface area (Å²) in [6, 6.07) is 1.64. The van der Waals surface area contributed by atoms with Gasteiger partial charge in [-0.25, -0.2) is 4.98 Å².